The molecule has 0 radical (unpaired) electrons. The van der Waals surface area contributed by atoms with Gasteiger partial charge < -0.3 is 69.0 Å². The third kappa shape index (κ3) is 6.74. The van der Waals surface area contributed by atoms with Crippen LogP contribution in [0.1, 0.15) is 25.8 Å². The van der Waals surface area contributed by atoms with Crippen LogP contribution in [0.25, 0.3) is 22.3 Å². The van der Waals surface area contributed by atoms with Gasteiger partial charge in [0.1, 0.15) is 70.9 Å². The molecule has 262 valence electrons. The number of allylic oxidation sites excluding steroid dienone is 1. The SMILES string of the molecule is C=C(C)CCc1c(O[C@@H]2O[C@H](CO)[C@@H](O)[C@H](O)[C@H]2O)cc(O)c2c(=O)c(O[C@@H]3O[C@@H](C)[C@H](O)[C@@H](O)[C@H]3O)c(-c3ccc(OC)cc3)oc12. The van der Waals surface area contributed by atoms with Crippen molar-refractivity contribution in [2.45, 2.75) is 88.1 Å². The monoisotopic (exact) mass is 676 g/mol. The number of phenolic OH excluding ortho intramolecular Hbond substituents is 1. The number of hydrogen-bond donors (Lipinski definition) is 8. The van der Waals surface area contributed by atoms with Crippen molar-refractivity contribution in [3.63, 3.8) is 0 Å². The van der Waals surface area contributed by atoms with Gasteiger partial charge in [-0.1, -0.05) is 5.57 Å². The van der Waals surface area contributed by atoms with Crippen LogP contribution in [0.5, 0.6) is 23.0 Å². The minimum atomic E-state index is -1.77. The fourth-order valence-corrected chi connectivity index (χ4v) is 5.60. The van der Waals surface area contributed by atoms with Crippen LogP contribution in [0, 0.1) is 0 Å². The lowest BCUT2D eigenvalue weighted by atomic mass is 9.98. The fraction of sp³-hybridized carbons (Fsp3) is 0.485. The van der Waals surface area contributed by atoms with Gasteiger partial charge in [-0.25, -0.2) is 0 Å². The van der Waals surface area contributed by atoms with E-state index < -0.39 is 84.9 Å². The normalized spacial score (nSPS) is 30.6. The van der Waals surface area contributed by atoms with E-state index in [-0.39, 0.29) is 34.5 Å². The number of methoxy groups -OCH3 is 1. The van der Waals surface area contributed by atoms with Gasteiger partial charge in [0.25, 0.3) is 0 Å². The molecule has 2 saturated heterocycles. The van der Waals surface area contributed by atoms with Crippen LogP contribution in [-0.4, -0.2) is 116 Å². The van der Waals surface area contributed by atoms with Gasteiger partial charge in [0, 0.05) is 17.2 Å². The van der Waals surface area contributed by atoms with Crippen molar-refractivity contribution in [1.29, 1.82) is 0 Å². The zero-order valence-electron chi connectivity index (χ0n) is 26.4. The lowest BCUT2D eigenvalue weighted by molar-refractivity contribution is -0.277. The number of phenols is 1. The lowest BCUT2D eigenvalue weighted by Crippen LogP contribution is -2.60. The molecule has 2 aliphatic heterocycles. The highest BCUT2D eigenvalue weighted by Crippen LogP contribution is 2.42. The maximum absolute atomic E-state index is 14.2. The van der Waals surface area contributed by atoms with Gasteiger partial charge in [-0.15, -0.1) is 6.58 Å². The first-order chi connectivity index (χ1) is 22.8. The van der Waals surface area contributed by atoms with E-state index in [0.717, 1.165) is 11.6 Å². The van der Waals surface area contributed by atoms with Crippen LogP contribution in [0.3, 0.4) is 0 Å². The highest BCUT2D eigenvalue weighted by atomic mass is 16.7. The number of fused-ring (bicyclic) bond motifs is 1. The van der Waals surface area contributed by atoms with Crippen molar-refractivity contribution in [3.8, 4) is 34.3 Å². The smallest absolute Gasteiger partial charge is 0.239 e. The largest absolute Gasteiger partial charge is 0.507 e. The topological polar surface area (TPSA) is 238 Å². The van der Waals surface area contributed by atoms with Gasteiger partial charge in [0.2, 0.25) is 23.8 Å². The van der Waals surface area contributed by atoms with E-state index in [1.807, 2.05) is 0 Å². The van der Waals surface area contributed by atoms with Gasteiger partial charge in [0.15, 0.2) is 5.76 Å². The van der Waals surface area contributed by atoms with Crippen LogP contribution in [0.15, 0.2) is 51.7 Å². The average molecular weight is 677 g/mol. The second-order valence-electron chi connectivity index (χ2n) is 12.0. The van der Waals surface area contributed by atoms with Crippen molar-refractivity contribution in [1.82, 2.24) is 0 Å². The lowest BCUT2D eigenvalue weighted by Gasteiger charge is -2.39. The van der Waals surface area contributed by atoms with E-state index in [1.54, 1.807) is 31.2 Å². The molecule has 15 nitrogen and oxygen atoms in total. The maximum atomic E-state index is 14.2. The summed E-state index contributed by atoms with van der Waals surface area (Å²) in [6, 6.07) is 7.40. The average Bonchev–Trinajstić information content (AvgIpc) is 3.06. The third-order valence-corrected chi connectivity index (χ3v) is 8.45. The molecule has 0 bridgehead atoms. The molecule has 3 heterocycles. The Bertz CT molecular complexity index is 1670. The molecule has 0 amide bonds. The Balaban J connectivity index is 1.70. The number of aliphatic hydroxyl groups excluding tert-OH is 7. The number of aliphatic hydroxyl groups is 7. The summed E-state index contributed by atoms with van der Waals surface area (Å²) in [6.45, 7) is 6.44. The maximum Gasteiger partial charge on any atom is 0.239 e. The summed E-state index contributed by atoms with van der Waals surface area (Å²) in [5.41, 5.74) is 0.232. The third-order valence-electron chi connectivity index (χ3n) is 8.45. The first kappa shape index (κ1) is 35.5. The molecule has 2 aliphatic rings. The zero-order chi connectivity index (χ0) is 35.0. The number of rotatable bonds is 10. The predicted molar refractivity (Wildman–Crippen MR) is 167 cm³/mol. The van der Waals surface area contributed by atoms with Gasteiger partial charge >= 0.3 is 0 Å². The molecule has 48 heavy (non-hydrogen) atoms. The second kappa shape index (κ2) is 14.4. The molecule has 8 N–H and O–H groups in total. The van der Waals surface area contributed by atoms with Crippen molar-refractivity contribution in [3.05, 3.63) is 58.3 Å². The second-order valence-corrected chi connectivity index (χ2v) is 12.0. The molecule has 0 spiro atoms. The van der Waals surface area contributed by atoms with Crippen LogP contribution < -0.4 is 19.6 Å². The highest BCUT2D eigenvalue weighted by molar-refractivity contribution is 5.91. The van der Waals surface area contributed by atoms with E-state index in [0.29, 0.717) is 17.7 Å². The number of benzene rings is 2. The molecule has 0 saturated carbocycles. The Hall–Kier alpha value is -3.77. The Morgan fingerprint density at radius 1 is 0.896 bits per heavy atom. The highest BCUT2D eigenvalue weighted by Gasteiger charge is 2.46. The van der Waals surface area contributed by atoms with E-state index in [9.17, 15) is 45.6 Å². The van der Waals surface area contributed by atoms with Gasteiger partial charge in [-0.2, -0.15) is 0 Å². The van der Waals surface area contributed by atoms with Crippen molar-refractivity contribution < 1.29 is 69.0 Å². The summed E-state index contributed by atoms with van der Waals surface area (Å²) < 4.78 is 34.5. The summed E-state index contributed by atoms with van der Waals surface area (Å²) in [5.74, 6) is -0.926. The predicted octanol–water partition coefficient (Wildman–Crippen LogP) is 0.0679. The fourth-order valence-electron chi connectivity index (χ4n) is 5.60. The molecular weight excluding hydrogens is 636 g/mol. The minimum absolute atomic E-state index is 0.111. The Labute approximate surface area is 274 Å². The zero-order valence-corrected chi connectivity index (χ0v) is 26.4. The number of aromatic hydroxyl groups is 1. The van der Waals surface area contributed by atoms with E-state index in [1.165, 1.54) is 14.0 Å². The summed E-state index contributed by atoms with van der Waals surface area (Å²) in [6.07, 6.45) is -15.1. The van der Waals surface area contributed by atoms with Gasteiger partial charge in [0.05, 0.1) is 19.8 Å². The quantitative estimate of drug-likeness (QED) is 0.133. The van der Waals surface area contributed by atoms with E-state index in [2.05, 4.69) is 6.58 Å². The van der Waals surface area contributed by atoms with Crippen LogP contribution in [0.4, 0.5) is 0 Å². The van der Waals surface area contributed by atoms with Crippen LogP contribution >= 0.6 is 0 Å². The number of aryl methyl sites for hydroxylation is 1. The molecule has 1 aromatic heterocycles. The van der Waals surface area contributed by atoms with Gasteiger partial charge in [-0.3, -0.25) is 4.79 Å². The summed E-state index contributed by atoms with van der Waals surface area (Å²) in [4.78, 5) is 14.2. The molecule has 10 atom stereocenters. The van der Waals surface area contributed by atoms with Crippen LogP contribution in [0.2, 0.25) is 0 Å². The molecule has 0 unspecified atom stereocenters. The Morgan fingerprint density at radius 3 is 2.12 bits per heavy atom. The summed E-state index contributed by atoms with van der Waals surface area (Å²) in [7, 11) is 1.47. The van der Waals surface area contributed by atoms with E-state index in [4.69, 9.17) is 28.1 Å². The van der Waals surface area contributed by atoms with Gasteiger partial charge in [-0.05, 0) is 51.0 Å². The first-order valence-corrected chi connectivity index (χ1v) is 15.2. The van der Waals surface area contributed by atoms with Crippen molar-refractivity contribution in [2.24, 2.45) is 0 Å². The molecule has 5 rings (SSSR count). The molecular formula is C33H40O15. The summed E-state index contributed by atoms with van der Waals surface area (Å²) >= 11 is 0. The Kier molecular flexibility index (Phi) is 10.6. The Morgan fingerprint density at radius 2 is 1.52 bits per heavy atom. The molecule has 2 fully saturated rings. The number of hydrogen-bond acceptors (Lipinski definition) is 15. The molecule has 15 heteroatoms. The number of ether oxygens (including phenoxy) is 5. The standard InChI is InChI=1S/C33H40O15/c1-13(2)5-10-17-19(45-33-28(42)26(40)23(37)20(12-34)46-33)11-18(35)21-24(38)31(48-32-27(41)25(39)22(36)14(3)44-32)29(47-30(17)21)15-6-8-16(43-4)9-7-15/h6-9,11,14,20,22-23,25-28,32-37,39-42H,1,5,10,12H2,2-4H3/t14-,20+,22-,23+,25+,26-,27+,28+,32-,33+/m0/s1. The first-order valence-electron chi connectivity index (χ1n) is 15.2. The van der Waals surface area contributed by atoms with E-state index >= 15 is 0 Å². The van der Waals surface area contributed by atoms with Crippen molar-refractivity contribution in [2.75, 3.05) is 13.7 Å². The summed E-state index contributed by atoms with van der Waals surface area (Å²) in [5, 5.41) is 82.9. The molecule has 0 aliphatic carbocycles. The molecule has 3 aromatic rings. The van der Waals surface area contributed by atoms with Crippen molar-refractivity contribution >= 4 is 11.0 Å². The molecule has 2 aromatic carbocycles. The minimum Gasteiger partial charge on any atom is -0.507 e. The van der Waals surface area contributed by atoms with Crippen LogP contribution in [-0.2, 0) is 15.9 Å².